The molecule has 0 spiro atoms. The van der Waals surface area contributed by atoms with Crippen molar-refractivity contribution in [2.45, 2.75) is 32.9 Å². The van der Waals surface area contributed by atoms with Gasteiger partial charge in [0.25, 0.3) is 0 Å². The summed E-state index contributed by atoms with van der Waals surface area (Å²) in [5.74, 6) is 0.867. The fourth-order valence-electron chi connectivity index (χ4n) is 4.22. The second kappa shape index (κ2) is 7.37. The number of amides is 1. The van der Waals surface area contributed by atoms with Gasteiger partial charge in [-0.25, -0.2) is 9.97 Å². The third kappa shape index (κ3) is 3.40. The van der Waals surface area contributed by atoms with Gasteiger partial charge in [0.05, 0.1) is 16.3 Å². The molecule has 1 fully saturated rings. The standard InChI is InChI=1S/C21H21ClN6O/c1-12-10-27(11-13(2)28(12)14(3)29)19-5-4-15(7-23)20(26-19)18-9-25-21-17(18)6-16(22)8-24-21/h4-6,8-9,12-13H,10-11H2,1-3H3,(H,24,25)/t12-,13+. The highest BCUT2D eigenvalue weighted by atomic mass is 35.5. The lowest BCUT2D eigenvalue weighted by molar-refractivity contribution is -0.133. The summed E-state index contributed by atoms with van der Waals surface area (Å²) in [5.41, 5.74) is 2.56. The molecule has 1 aliphatic rings. The van der Waals surface area contributed by atoms with Crippen molar-refractivity contribution in [3.05, 3.63) is 41.2 Å². The highest BCUT2D eigenvalue weighted by Gasteiger charge is 2.32. The average molecular weight is 409 g/mol. The van der Waals surface area contributed by atoms with Gasteiger partial charge >= 0.3 is 0 Å². The Bertz CT molecular complexity index is 1120. The van der Waals surface area contributed by atoms with Gasteiger partial charge in [0, 0.05) is 55.4 Å². The number of hydrogen-bond acceptors (Lipinski definition) is 5. The SMILES string of the molecule is CC(=O)N1[C@H](C)CN(c2ccc(C#N)c(-c3c[nH]c4ncc(Cl)cc34)n2)C[C@@H]1C. The van der Waals surface area contributed by atoms with Crippen LogP contribution in [-0.2, 0) is 4.79 Å². The van der Waals surface area contributed by atoms with E-state index < -0.39 is 0 Å². The number of halogens is 1. The Hall–Kier alpha value is -3.11. The first-order chi connectivity index (χ1) is 13.9. The van der Waals surface area contributed by atoms with Gasteiger partial charge in [0.15, 0.2) is 0 Å². The number of H-pyrrole nitrogens is 1. The lowest BCUT2D eigenvalue weighted by atomic mass is 10.1. The lowest BCUT2D eigenvalue weighted by Gasteiger charge is -2.44. The number of nitriles is 1. The summed E-state index contributed by atoms with van der Waals surface area (Å²) in [4.78, 5) is 28.3. The normalized spacial score (nSPS) is 19.4. The zero-order valence-corrected chi connectivity index (χ0v) is 17.2. The van der Waals surface area contributed by atoms with Crippen molar-refractivity contribution < 1.29 is 4.79 Å². The fourth-order valence-corrected chi connectivity index (χ4v) is 4.38. The molecule has 0 unspecified atom stereocenters. The number of aromatic nitrogens is 3. The van der Waals surface area contributed by atoms with E-state index >= 15 is 0 Å². The summed E-state index contributed by atoms with van der Waals surface area (Å²) in [7, 11) is 0. The largest absolute Gasteiger partial charge is 0.352 e. The van der Waals surface area contributed by atoms with Crippen LogP contribution < -0.4 is 4.90 Å². The maximum absolute atomic E-state index is 11.9. The fraction of sp³-hybridized carbons (Fsp3) is 0.333. The number of pyridine rings is 2. The van der Waals surface area contributed by atoms with Crippen LogP contribution in [-0.4, -0.2) is 50.9 Å². The first-order valence-corrected chi connectivity index (χ1v) is 9.85. The third-order valence-electron chi connectivity index (χ3n) is 5.36. The van der Waals surface area contributed by atoms with Gasteiger partial charge < -0.3 is 14.8 Å². The molecule has 0 aromatic carbocycles. The first-order valence-electron chi connectivity index (χ1n) is 9.47. The Kier molecular flexibility index (Phi) is 4.89. The van der Waals surface area contributed by atoms with Crippen LogP contribution >= 0.6 is 11.6 Å². The molecule has 1 amide bonds. The molecule has 7 nitrogen and oxygen atoms in total. The molecule has 3 aromatic heterocycles. The molecule has 0 aliphatic carbocycles. The Morgan fingerprint density at radius 3 is 2.69 bits per heavy atom. The van der Waals surface area contributed by atoms with E-state index in [1.54, 1.807) is 25.4 Å². The maximum atomic E-state index is 11.9. The van der Waals surface area contributed by atoms with E-state index in [0.717, 1.165) is 16.8 Å². The highest BCUT2D eigenvalue weighted by molar-refractivity contribution is 6.31. The van der Waals surface area contributed by atoms with Crippen LogP contribution in [0.25, 0.3) is 22.3 Å². The summed E-state index contributed by atoms with van der Waals surface area (Å²) < 4.78 is 0. The molecule has 4 heterocycles. The number of nitrogens with one attached hydrogen (secondary N) is 1. The van der Waals surface area contributed by atoms with E-state index in [2.05, 4.69) is 20.9 Å². The number of nitrogens with zero attached hydrogens (tertiary/aromatic N) is 5. The highest BCUT2D eigenvalue weighted by Crippen LogP contribution is 2.32. The van der Waals surface area contributed by atoms with Gasteiger partial charge in [-0.3, -0.25) is 4.79 Å². The predicted octanol–water partition coefficient (Wildman–Crippen LogP) is 3.60. The average Bonchev–Trinajstić information content (AvgIpc) is 3.09. The van der Waals surface area contributed by atoms with Crippen molar-refractivity contribution in [1.29, 1.82) is 5.26 Å². The van der Waals surface area contributed by atoms with Crippen LogP contribution in [0.2, 0.25) is 5.02 Å². The third-order valence-corrected chi connectivity index (χ3v) is 5.57. The minimum absolute atomic E-state index is 0.0771. The number of carbonyl (C=O) groups is 1. The predicted molar refractivity (Wildman–Crippen MR) is 113 cm³/mol. The van der Waals surface area contributed by atoms with E-state index in [-0.39, 0.29) is 18.0 Å². The van der Waals surface area contributed by atoms with Gasteiger partial charge in [-0.2, -0.15) is 5.26 Å². The van der Waals surface area contributed by atoms with Crippen molar-refractivity contribution in [3.8, 4) is 17.3 Å². The molecule has 3 aromatic rings. The second-order valence-corrected chi connectivity index (χ2v) is 7.90. The molecular formula is C21H21ClN6O. The zero-order chi connectivity index (χ0) is 20.7. The summed E-state index contributed by atoms with van der Waals surface area (Å²) in [6.07, 6.45) is 3.39. The molecule has 4 rings (SSSR count). The van der Waals surface area contributed by atoms with Crippen LogP contribution in [0.15, 0.2) is 30.6 Å². The van der Waals surface area contributed by atoms with Gasteiger partial charge in [-0.05, 0) is 32.0 Å². The molecule has 1 saturated heterocycles. The number of hydrogen-bond donors (Lipinski definition) is 1. The number of piperazine rings is 1. The Morgan fingerprint density at radius 1 is 1.31 bits per heavy atom. The number of anilines is 1. The van der Waals surface area contributed by atoms with E-state index in [9.17, 15) is 10.1 Å². The summed E-state index contributed by atoms with van der Waals surface area (Å²) in [6.45, 7) is 7.06. The minimum atomic E-state index is 0.0771. The van der Waals surface area contributed by atoms with Crippen molar-refractivity contribution >= 4 is 34.4 Å². The van der Waals surface area contributed by atoms with Crippen LogP contribution in [0, 0.1) is 11.3 Å². The molecule has 0 radical (unpaired) electrons. The maximum Gasteiger partial charge on any atom is 0.220 e. The van der Waals surface area contributed by atoms with Crippen molar-refractivity contribution in [3.63, 3.8) is 0 Å². The first kappa shape index (κ1) is 19.2. The summed E-state index contributed by atoms with van der Waals surface area (Å²) >= 11 is 6.13. The quantitative estimate of drug-likeness (QED) is 0.699. The molecular weight excluding hydrogens is 388 g/mol. The van der Waals surface area contributed by atoms with Crippen LogP contribution in [0.4, 0.5) is 5.82 Å². The molecule has 1 N–H and O–H groups in total. The molecule has 0 saturated carbocycles. The Morgan fingerprint density at radius 2 is 2.03 bits per heavy atom. The van der Waals surface area contributed by atoms with Crippen LogP contribution in [0.3, 0.4) is 0 Å². The van der Waals surface area contributed by atoms with Gasteiger partial charge in [0.2, 0.25) is 5.91 Å². The molecule has 0 bridgehead atoms. The smallest absolute Gasteiger partial charge is 0.220 e. The lowest BCUT2D eigenvalue weighted by Crippen LogP contribution is -2.58. The van der Waals surface area contributed by atoms with Crippen LogP contribution in [0.1, 0.15) is 26.3 Å². The molecule has 148 valence electrons. The van der Waals surface area contributed by atoms with E-state index in [1.807, 2.05) is 30.9 Å². The van der Waals surface area contributed by atoms with Gasteiger partial charge in [-0.15, -0.1) is 0 Å². The number of carbonyl (C=O) groups excluding carboxylic acids is 1. The van der Waals surface area contributed by atoms with Crippen molar-refractivity contribution in [2.24, 2.45) is 0 Å². The molecule has 1 aliphatic heterocycles. The Labute approximate surface area is 173 Å². The van der Waals surface area contributed by atoms with Gasteiger partial charge in [0.1, 0.15) is 17.5 Å². The van der Waals surface area contributed by atoms with Crippen LogP contribution in [0.5, 0.6) is 0 Å². The zero-order valence-electron chi connectivity index (χ0n) is 16.5. The monoisotopic (exact) mass is 408 g/mol. The number of aromatic amines is 1. The van der Waals surface area contributed by atoms with Crippen molar-refractivity contribution in [1.82, 2.24) is 19.9 Å². The molecule has 2 atom stereocenters. The summed E-state index contributed by atoms with van der Waals surface area (Å²) in [6, 6.07) is 7.87. The topological polar surface area (TPSA) is 88.9 Å². The van der Waals surface area contributed by atoms with Crippen molar-refractivity contribution in [2.75, 3.05) is 18.0 Å². The minimum Gasteiger partial charge on any atom is -0.352 e. The molecule has 8 heteroatoms. The second-order valence-electron chi connectivity index (χ2n) is 7.46. The van der Waals surface area contributed by atoms with Gasteiger partial charge in [-0.1, -0.05) is 11.6 Å². The van der Waals surface area contributed by atoms with E-state index in [4.69, 9.17) is 16.6 Å². The molecule has 29 heavy (non-hydrogen) atoms. The Balaban J connectivity index is 1.76. The number of fused-ring (bicyclic) bond motifs is 1. The van der Waals surface area contributed by atoms with E-state index in [0.29, 0.717) is 35.0 Å². The summed E-state index contributed by atoms with van der Waals surface area (Å²) in [5, 5.41) is 11.0. The number of rotatable bonds is 2. The van der Waals surface area contributed by atoms with E-state index in [1.165, 1.54) is 0 Å².